The molecule has 0 saturated carbocycles. The molecule has 2 rings (SSSR count). The largest absolute Gasteiger partial charge is 0.494 e. The fourth-order valence-corrected chi connectivity index (χ4v) is 2.32. The Bertz CT molecular complexity index is 783. The van der Waals surface area contributed by atoms with E-state index in [0.717, 1.165) is 6.07 Å². The topological polar surface area (TPSA) is 56.8 Å². The summed E-state index contributed by atoms with van der Waals surface area (Å²) in [7, 11) is 2.65. The van der Waals surface area contributed by atoms with Crippen LogP contribution in [0.25, 0.3) is 0 Å². The molecule has 1 atom stereocenters. The van der Waals surface area contributed by atoms with Gasteiger partial charge in [0.1, 0.15) is 0 Å². The normalized spacial score (nSPS) is 11.8. The smallest absolute Gasteiger partial charge is 0.387 e. The van der Waals surface area contributed by atoms with Crippen molar-refractivity contribution in [2.75, 3.05) is 14.2 Å². The summed E-state index contributed by atoms with van der Waals surface area (Å²) in [5.74, 6) is -1.17. The average molecular weight is 369 g/mol. The number of rotatable bonds is 7. The fraction of sp³-hybridized carbons (Fsp3) is 0.278. The molecule has 26 heavy (non-hydrogen) atoms. The van der Waals surface area contributed by atoms with Crippen LogP contribution < -0.4 is 19.5 Å². The van der Waals surface area contributed by atoms with Gasteiger partial charge in [-0.2, -0.15) is 8.78 Å². The first kappa shape index (κ1) is 19.4. The van der Waals surface area contributed by atoms with Crippen LogP contribution in [0.3, 0.4) is 0 Å². The average Bonchev–Trinajstić information content (AvgIpc) is 2.60. The molecule has 0 aromatic heterocycles. The van der Waals surface area contributed by atoms with Gasteiger partial charge in [-0.25, -0.2) is 4.39 Å². The molecule has 0 aliphatic heterocycles. The lowest BCUT2D eigenvalue weighted by atomic mass is 10.1. The minimum absolute atomic E-state index is 0.0760. The molecule has 0 radical (unpaired) electrons. The molecule has 5 nitrogen and oxygen atoms in total. The zero-order valence-electron chi connectivity index (χ0n) is 14.4. The van der Waals surface area contributed by atoms with E-state index >= 15 is 0 Å². The van der Waals surface area contributed by atoms with Crippen molar-refractivity contribution >= 4 is 5.91 Å². The number of hydrogen-bond donors (Lipinski definition) is 1. The van der Waals surface area contributed by atoms with Gasteiger partial charge in [0, 0.05) is 5.56 Å². The molecule has 0 aliphatic rings. The standard InChI is InChI=1S/C18H18F3NO4/c1-10(11-4-6-14(24-2)13(19)8-11)22-17(23)12-5-7-15(25-3)16(9-12)26-18(20)21/h4-10,18H,1-3H3,(H,22,23). The Hall–Kier alpha value is -2.90. The molecular formula is C18H18F3NO4. The van der Waals surface area contributed by atoms with Gasteiger partial charge in [0.2, 0.25) is 0 Å². The van der Waals surface area contributed by atoms with Crippen LogP contribution in [0.1, 0.15) is 28.9 Å². The number of hydrogen-bond acceptors (Lipinski definition) is 4. The number of methoxy groups -OCH3 is 2. The number of amides is 1. The SMILES string of the molecule is COc1ccc(C(C)NC(=O)c2ccc(OC)c(OC(F)F)c2)cc1F. The zero-order valence-corrected chi connectivity index (χ0v) is 14.4. The third-order valence-corrected chi connectivity index (χ3v) is 3.67. The van der Waals surface area contributed by atoms with E-state index in [2.05, 4.69) is 10.1 Å². The van der Waals surface area contributed by atoms with E-state index in [4.69, 9.17) is 9.47 Å². The molecule has 0 saturated heterocycles. The van der Waals surface area contributed by atoms with Crippen molar-refractivity contribution in [1.82, 2.24) is 5.32 Å². The van der Waals surface area contributed by atoms with Crippen LogP contribution in [0.4, 0.5) is 13.2 Å². The molecule has 0 fully saturated rings. The Morgan fingerprint density at radius 3 is 2.23 bits per heavy atom. The lowest BCUT2D eigenvalue weighted by Gasteiger charge is -2.16. The molecule has 0 bridgehead atoms. The molecule has 1 amide bonds. The molecule has 140 valence electrons. The first-order valence-electron chi connectivity index (χ1n) is 7.62. The molecule has 1 N–H and O–H groups in total. The number of alkyl halides is 2. The van der Waals surface area contributed by atoms with Gasteiger partial charge in [0.05, 0.1) is 20.3 Å². The first-order valence-corrected chi connectivity index (χ1v) is 7.62. The van der Waals surface area contributed by atoms with Crippen LogP contribution in [0.5, 0.6) is 17.2 Å². The second-order valence-electron chi connectivity index (χ2n) is 5.33. The maximum Gasteiger partial charge on any atom is 0.387 e. The van der Waals surface area contributed by atoms with Crippen molar-refractivity contribution in [2.24, 2.45) is 0 Å². The molecule has 8 heteroatoms. The molecule has 2 aromatic rings. The molecule has 2 aromatic carbocycles. The maximum absolute atomic E-state index is 13.8. The monoisotopic (exact) mass is 369 g/mol. The summed E-state index contributed by atoms with van der Waals surface area (Å²) < 4.78 is 52.9. The van der Waals surface area contributed by atoms with Crippen LogP contribution in [0.2, 0.25) is 0 Å². The fourth-order valence-electron chi connectivity index (χ4n) is 2.32. The Balaban J connectivity index is 2.17. The third kappa shape index (κ3) is 4.59. The van der Waals surface area contributed by atoms with Gasteiger partial charge in [-0.1, -0.05) is 6.07 Å². The molecular weight excluding hydrogens is 351 g/mol. The van der Waals surface area contributed by atoms with Crippen molar-refractivity contribution in [1.29, 1.82) is 0 Å². The lowest BCUT2D eigenvalue weighted by molar-refractivity contribution is -0.0512. The van der Waals surface area contributed by atoms with Crippen LogP contribution in [-0.2, 0) is 0 Å². The zero-order chi connectivity index (χ0) is 19.3. The van der Waals surface area contributed by atoms with Gasteiger partial charge in [0.25, 0.3) is 5.91 Å². The number of ether oxygens (including phenoxy) is 3. The number of carbonyl (C=O) groups is 1. The number of benzene rings is 2. The van der Waals surface area contributed by atoms with Crippen molar-refractivity contribution in [3.63, 3.8) is 0 Å². The summed E-state index contributed by atoms with van der Waals surface area (Å²) in [6, 6.07) is 7.72. The minimum Gasteiger partial charge on any atom is -0.494 e. The number of nitrogens with one attached hydrogen (secondary N) is 1. The molecule has 0 heterocycles. The van der Waals surface area contributed by atoms with Gasteiger partial charge in [-0.05, 0) is 42.8 Å². The second kappa shape index (κ2) is 8.46. The predicted octanol–water partition coefficient (Wildman–Crippen LogP) is 3.94. The summed E-state index contributed by atoms with van der Waals surface area (Å²) in [6.45, 7) is -1.39. The summed E-state index contributed by atoms with van der Waals surface area (Å²) in [5.41, 5.74) is 0.622. The quantitative estimate of drug-likeness (QED) is 0.803. The van der Waals surface area contributed by atoms with E-state index in [1.54, 1.807) is 13.0 Å². The van der Waals surface area contributed by atoms with E-state index in [1.807, 2.05) is 0 Å². The van der Waals surface area contributed by atoms with E-state index < -0.39 is 24.4 Å². The van der Waals surface area contributed by atoms with E-state index in [9.17, 15) is 18.0 Å². The highest BCUT2D eigenvalue weighted by molar-refractivity contribution is 5.95. The van der Waals surface area contributed by atoms with Crippen LogP contribution in [0, 0.1) is 5.82 Å². The van der Waals surface area contributed by atoms with Gasteiger partial charge in [-0.3, -0.25) is 4.79 Å². The Kier molecular flexibility index (Phi) is 6.32. The minimum atomic E-state index is -3.05. The highest BCUT2D eigenvalue weighted by atomic mass is 19.3. The first-order chi connectivity index (χ1) is 12.3. The van der Waals surface area contributed by atoms with Gasteiger partial charge in [0.15, 0.2) is 23.1 Å². The summed E-state index contributed by atoms with van der Waals surface area (Å²) in [4.78, 5) is 12.4. The molecule has 0 spiro atoms. The molecule has 0 aliphatic carbocycles. The van der Waals surface area contributed by atoms with E-state index in [1.165, 1.54) is 38.5 Å². The van der Waals surface area contributed by atoms with Crippen LogP contribution in [0.15, 0.2) is 36.4 Å². The maximum atomic E-state index is 13.8. The Morgan fingerprint density at radius 1 is 1.00 bits per heavy atom. The van der Waals surface area contributed by atoms with Crippen molar-refractivity contribution in [3.05, 3.63) is 53.3 Å². The van der Waals surface area contributed by atoms with Gasteiger partial charge in [-0.15, -0.1) is 0 Å². The Labute approximate surface area is 148 Å². The lowest BCUT2D eigenvalue weighted by Crippen LogP contribution is -2.26. The third-order valence-electron chi connectivity index (χ3n) is 3.67. The number of carbonyl (C=O) groups excluding carboxylic acids is 1. The highest BCUT2D eigenvalue weighted by Crippen LogP contribution is 2.30. The van der Waals surface area contributed by atoms with E-state index in [0.29, 0.717) is 5.56 Å². The van der Waals surface area contributed by atoms with Crippen molar-refractivity contribution < 1.29 is 32.2 Å². The van der Waals surface area contributed by atoms with E-state index in [-0.39, 0.29) is 22.8 Å². The number of halogens is 3. The summed E-state index contributed by atoms with van der Waals surface area (Å²) >= 11 is 0. The van der Waals surface area contributed by atoms with Gasteiger partial charge < -0.3 is 19.5 Å². The molecule has 1 unspecified atom stereocenters. The highest BCUT2D eigenvalue weighted by Gasteiger charge is 2.17. The summed E-state index contributed by atoms with van der Waals surface area (Å²) in [5, 5.41) is 2.66. The van der Waals surface area contributed by atoms with Crippen LogP contribution in [-0.4, -0.2) is 26.7 Å². The predicted molar refractivity (Wildman–Crippen MR) is 88.5 cm³/mol. The van der Waals surface area contributed by atoms with Gasteiger partial charge >= 0.3 is 6.61 Å². The summed E-state index contributed by atoms with van der Waals surface area (Å²) in [6.07, 6.45) is 0. The van der Waals surface area contributed by atoms with Crippen molar-refractivity contribution in [2.45, 2.75) is 19.6 Å². The second-order valence-corrected chi connectivity index (χ2v) is 5.33. The Morgan fingerprint density at radius 2 is 1.65 bits per heavy atom. The van der Waals surface area contributed by atoms with Crippen LogP contribution >= 0.6 is 0 Å². The van der Waals surface area contributed by atoms with Crippen molar-refractivity contribution in [3.8, 4) is 17.2 Å².